The molecule has 0 aromatic heterocycles. The van der Waals surface area contributed by atoms with Crippen LogP contribution in [0.2, 0.25) is 0 Å². The van der Waals surface area contributed by atoms with E-state index in [0.717, 1.165) is 34.9 Å². The van der Waals surface area contributed by atoms with E-state index in [0.29, 0.717) is 0 Å². The summed E-state index contributed by atoms with van der Waals surface area (Å²) in [6.07, 6.45) is 18.6. The van der Waals surface area contributed by atoms with Crippen LogP contribution in [0.4, 0.5) is 0 Å². The van der Waals surface area contributed by atoms with Crippen LogP contribution in [-0.2, 0) is 6.42 Å². The van der Waals surface area contributed by atoms with Crippen LogP contribution in [0.15, 0.2) is 48.5 Å². The fourth-order valence-electron chi connectivity index (χ4n) is 4.99. The number of benzene rings is 2. The minimum Gasteiger partial charge on any atom is -0.0979 e. The summed E-state index contributed by atoms with van der Waals surface area (Å²) in [5.41, 5.74) is 4.68. The summed E-state index contributed by atoms with van der Waals surface area (Å²) in [6, 6.07) is 17.3. The van der Waals surface area contributed by atoms with Gasteiger partial charge in [-0.3, -0.25) is 0 Å². The summed E-state index contributed by atoms with van der Waals surface area (Å²) in [6.45, 7) is 4.61. The molecule has 0 unspecified atom stereocenters. The predicted octanol–water partition coefficient (Wildman–Crippen LogP) is 9.34. The van der Waals surface area contributed by atoms with Crippen LogP contribution < -0.4 is 0 Å². The van der Waals surface area contributed by atoms with Crippen molar-refractivity contribution in [3.8, 4) is 23.7 Å². The molecule has 0 heterocycles. The Kier molecular flexibility index (Phi) is 11.9. The predicted molar refractivity (Wildman–Crippen MR) is 148 cm³/mol. The normalized spacial score (nSPS) is 17.4. The monoisotopic (exact) mass is 452 g/mol. The average Bonchev–Trinajstić information content (AvgIpc) is 2.89. The number of hydrogen-bond donors (Lipinski definition) is 0. The second-order valence-electron chi connectivity index (χ2n) is 10.2. The number of hydrogen-bond acceptors (Lipinski definition) is 0. The first-order valence-corrected chi connectivity index (χ1v) is 14.0. The summed E-state index contributed by atoms with van der Waals surface area (Å²) in [5, 5.41) is 0. The number of rotatable bonds is 10. The molecule has 34 heavy (non-hydrogen) atoms. The third-order valence-electron chi connectivity index (χ3n) is 7.46. The Labute approximate surface area is 210 Å². The second kappa shape index (κ2) is 15.5. The summed E-state index contributed by atoms with van der Waals surface area (Å²) < 4.78 is 0. The minimum atomic E-state index is 0.936. The lowest BCUT2D eigenvalue weighted by Crippen LogP contribution is -2.14. The summed E-state index contributed by atoms with van der Waals surface area (Å²) in [7, 11) is 0. The van der Waals surface area contributed by atoms with Crippen molar-refractivity contribution in [2.45, 2.75) is 104 Å². The molecule has 1 aliphatic rings. The molecule has 0 heteroatoms. The molecule has 1 saturated carbocycles. The molecule has 0 spiro atoms. The zero-order chi connectivity index (χ0) is 23.8. The Bertz CT molecular complexity index is 932. The van der Waals surface area contributed by atoms with E-state index in [9.17, 15) is 0 Å². The van der Waals surface area contributed by atoms with E-state index in [-0.39, 0.29) is 0 Å². The van der Waals surface area contributed by atoms with Gasteiger partial charge in [0.1, 0.15) is 0 Å². The summed E-state index contributed by atoms with van der Waals surface area (Å²) >= 11 is 0. The van der Waals surface area contributed by atoms with Crippen molar-refractivity contribution in [1.29, 1.82) is 0 Å². The first kappa shape index (κ1) is 26.2. The van der Waals surface area contributed by atoms with E-state index in [1.165, 1.54) is 89.0 Å². The zero-order valence-electron chi connectivity index (χ0n) is 21.7. The molecule has 0 amide bonds. The van der Waals surface area contributed by atoms with Gasteiger partial charge >= 0.3 is 0 Å². The van der Waals surface area contributed by atoms with Crippen molar-refractivity contribution in [3.63, 3.8) is 0 Å². The molecule has 2 aromatic carbocycles. The Morgan fingerprint density at radius 2 is 1.15 bits per heavy atom. The van der Waals surface area contributed by atoms with Gasteiger partial charge in [-0.15, -0.1) is 0 Å². The first-order valence-electron chi connectivity index (χ1n) is 14.0. The SMILES string of the molecule is CCCCCCCCC#Cc1ccc(C#Cc2ccc(CC[C@H]3CC[C@H](CC)CC3)cc2)cc1. The Hall–Kier alpha value is -2.44. The lowest BCUT2D eigenvalue weighted by Gasteiger charge is -2.27. The van der Waals surface area contributed by atoms with E-state index in [1.54, 1.807) is 0 Å². The largest absolute Gasteiger partial charge is 0.0979 e. The molecule has 0 saturated heterocycles. The molecular formula is C34H44. The van der Waals surface area contributed by atoms with Gasteiger partial charge in [0.25, 0.3) is 0 Å². The van der Waals surface area contributed by atoms with Gasteiger partial charge < -0.3 is 0 Å². The fourth-order valence-corrected chi connectivity index (χ4v) is 4.99. The Morgan fingerprint density at radius 1 is 0.618 bits per heavy atom. The quantitative estimate of drug-likeness (QED) is 0.249. The molecule has 0 atom stereocenters. The van der Waals surface area contributed by atoms with E-state index in [1.807, 2.05) is 0 Å². The van der Waals surface area contributed by atoms with E-state index in [4.69, 9.17) is 0 Å². The first-order chi connectivity index (χ1) is 16.8. The van der Waals surface area contributed by atoms with Crippen molar-refractivity contribution in [3.05, 3.63) is 70.8 Å². The van der Waals surface area contributed by atoms with E-state index >= 15 is 0 Å². The fraction of sp³-hybridized carbons (Fsp3) is 0.529. The van der Waals surface area contributed by atoms with Crippen molar-refractivity contribution >= 4 is 0 Å². The standard InChI is InChI=1S/C34H44/c1-3-5-6-7-8-9-10-11-12-30-17-19-32(20-18-30)23-24-34-27-25-33(26-28-34)22-21-31-15-13-29(4-2)14-16-31/h17-20,25-29,31H,3-10,13-16,21-22H2,1-2H3/t29-,31-. The van der Waals surface area contributed by atoms with Gasteiger partial charge in [0.05, 0.1) is 0 Å². The van der Waals surface area contributed by atoms with Gasteiger partial charge in [0, 0.05) is 23.1 Å². The van der Waals surface area contributed by atoms with Crippen LogP contribution in [0.5, 0.6) is 0 Å². The molecule has 180 valence electrons. The molecule has 0 bridgehead atoms. The number of aryl methyl sites for hydroxylation is 1. The molecule has 1 aliphatic carbocycles. The maximum absolute atomic E-state index is 3.32. The van der Waals surface area contributed by atoms with Crippen molar-refractivity contribution in [2.75, 3.05) is 0 Å². The van der Waals surface area contributed by atoms with Gasteiger partial charge in [-0.05, 0) is 73.1 Å². The van der Waals surface area contributed by atoms with Crippen molar-refractivity contribution in [1.82, 2.24) is 0 Å². The van der Waals surface area contributed by atoms with Gasteiger partial charge in [-0.2, -0.15) is 0 Å². The summed E-state index contributed by atoms with van der Waals surface area (Å²) in [4.78, 5) is 0. The smallest absolute Gasteiger partial charge is 0.0249 e. The highest BCUT2D eigenvalue weighted by molar-refractivity contribution is 5.46. The van der Waals surface area contributed by atoms with Crippen LogP contribution in [0, 0.1) is 35.5 Å². The molecule has 3 rings (SSSR count). The molecule has 1 fully saturated rings. The van der Waals surface area contributed by atoms with Crippen LogP contribution >= 0.6 is 0 Å². The van der Waals surface area contributed by atoms with Gasteiger partial charge in [0.15, 0.2) is 0 Å². The molecule has 0 nitrogen and oxygen atoms in total. The number of unbranched alkanes of at least 4 members (excludes halogenated alkanes) is 6. The van der Waals surface area contributed by atoms with Crippen LogP contribution in [0.3, 0.4) is 0 Å². The highest BCUT2D eigenvalue weighted by Crippen LogP contribution is 2.33. The van der Waals surface area contributed by atoms with Gasteiger partial charge in [-0.25, -0.2) is 0 Å². The zero-order valence-corrected chi connectivity index (χ0v) is 21.7. The van der Waals surface area contributed by atoms with Gasteiger partial charge in [0.2, 0.25) is 0 Å². The lowest BCUT2D eigenvalue weighted by molar-refractivity contribution is 0.259. The highest BCUT2D eigenvalue weighted by atomic mass is 14.2. The lowest BCUT2D eigenvalue weighted by atomic mass is 9.78. The van der Waals surface area contributed by atoms with Crippen LogP contribution in [0.25, 0.3) is 0 Å². The third-order valence-corrected chi connectivity index (χ3v) is 7.46. The molecule has 0 aliphatic heterocycles. The molecular weight excluding hydrogens is 408 g/mol. The molecule has 0 radical (unpaired) electrons. The Morgan fingerprint density at radius 3 is 1.76 bits per heavy atom. The maximum Gasteiger partial charge on any atom is 0.0249 e. The minimum absolute atomic E-state index is 0.936. The van der Waals surface area contributed by atoms with E-state index in [2.05, 4.69) is 86.1 Å². The van der Waals surface area contributed by atoms with Crippen molar-refractivity contribution < 1.29 is 0 Å². The van der Waals surface area contributed by atoms with Gasteiger partial charge in [-0.1, -0.05) is 114 Å². The maximum atomic E-state index is 3.32. The van der Waals surface area contributed by atoms with E-state index < -0.39 is 0 Å². The van der Waals surface area contributed by atoms with Crippen molar-refractivity contribution in [2.24, 2.45) is 11.8 Å². The second-order valence-corrected chi connectivity index (χ2v) is 10.2. The van der Waals surface area contributed by atoms with Crippen LogP contribution in [-0.4, -0.2) is 0 Å². The Balaban J connectivity index is 1.39. The summed E-state index contributed by atoms with van der Waals surface area (Å²) in [5.74, 6) is 15.2. The third kappa shape index (κ3) is 9.82. The molecule has 2 aromatic rings. The average molecular weight is 453 g/mol. The van der Waals surface area contributed by atoms with Crippen LogP contribution in [0.1, 0.15) is 120 Å². The molecule has 0 N–H and O–H groups in total. The topological polar surface area (TPSA) is 0 Å². The highest BCUT2D eigenvalue weighted by Gasteiger charge is 2.19.